The van der Waals surface area contributed by atoms with E-state index < -0.39 is 17.7 Å². The molecule has 10 heteroatoms. The van der Waals surface area contributed by atoms with Crippen molar-refractivity contribution in [2.24, 2.45) is 7.05 Å². The van der Waals surface area contributed by atoms with E-state index in [1.54, 1.807) is 21.6 Å². The molecule has 3 aromatic carbocycles. The van der Waals surface area contributed by atoms with E-state index in [-0.39, 0.29) is 12.0 Å². The number of carbonyl (C=O) groups excluding carboxylic acids is 1. The summed E-state index contributed by atoms with van der Waals surface area (Å²) in [5.74, 6) is -1.47. The van der Waals surface area contributed by atoms with Crippen molar-refractivity contribution in [2.75, 3.05) is 25.0 Å². The number of para-hydroxylation sites is 1. The number of halogens is 2. The van der Waals surface area contributed by atoms with Gasteiger partial charge < -0.3 is 10.2 Å². The molecule has 3 heterocycles. The number of nitrogens with zero attached hydrogens (tertiary/aromatic N) is 5. The van der Waals surface area contributed by atoms with Crippen molar-refractivity contribution in [1.82, 2.24) is 29.8 Å². The van der Waals surface area contributed by atoms with Crippen LogP contribution < -0.4 is 10.6 Å². The minimum absolute atomic E-state index is 0.220. The van der Waals surface area contributed by atoms with Gasteiger partial charge in [0.25, 0.3) is 0 Å². The second-order valence-corrected chi connectivity index (χ2v) is 11.0. The number of nitrogens with one attached hydrogen (secondary N) is 2. The Bertz CT molecular complexity index is 1720. The lowest BCUT2D eigenvalue weighted by Gasteiger charge is -2.21. The molecule has 2 aromatic heterocycles. The largest absolute Gasteiger partial charge is 0.333 e. The number of anilines is 1. The summed E-state index contributed by atoms with van der Waals surface area (Å²) in [5, 5.41) is 15.3. The normalized spacial score (nSPS) is 16.8. The van der Waals surface area contributed by atoms with Crippen LogP contribution in [-0.4, -0.2) is 56.2 Å². The van der Waals surface area contributed by atoms with E-state index in [1.165, 1.54) is 11.6 Å². The number of urea groups is 1. The third-order valence-corrected chi connectivity index (χ3v) is 7.98. The van der Waals surface area contributed by atoms with Gasteiger partial charge in [0.15, 0.2) is 11.6 Å². The number of hydrogen-bond donors (Lipinski definition) is 2. The Morgan fingerprint density at radius 3 is 2.42 bits per heavy atom. The van der Waals surface area contributed by atoms with Gasteiger partial charge in [-0.05, 0) is 48.7 Å². The highest BCUT2D eigenvalue weighted by Gasteiger charge is 2.35. The Balaban J connectivity index is 1.25. The average molecular weight is 582 g/mol. The van der Waals surface area contributed by atoms with Crippen LogP contribution in [-0.2, 0) is 13.5 Å². The van der Waals surface area contributed by atoms with E-state index in [0.717, 1.165) is 35.8 Å². The maximum absolute atomic E-state index is 14.3. The van der Waals surface area contributed by atoms with Gasteiger partial charge >= 0.3 is 6.03 Å². The molecule has 2 atom stereocenters. The van der Waals surface area contributed by atoms with Gasteiger partial charge in [-0.1, -0.05) is 54.6 Å². The fraction of sp³-hybridized carbons (Fsp3) is 0.242. The lowest BCUT2D eigenvalue weighted by Crippen LogP contribution is -2.42. The molecule has 5 aromatic rings. The molecule has 43 heavy (non-hydrogen) atoms. The Labute approximate surface area is 249 Å². The molecule has 2 amide bonds. The second kappa shape index (κ2) is 12.2. The van der Waals surface area contributed by atoms with Crippen molar-refractivity contribution < 1.29 is 13.6 Å². The third-order valence-electron chi connectivity index (χ3n) is 7.98. The Hall–Kier alpha value is -4.83. The van der Waals surface area contributed by atoms with Crippen LogP contribution in [0.1, 0.15) is 22.6 Å². The molecule has 6 rings (SSSR count). The number of aromatic nitrogens is 4. The van der Waals surface area contributed by atoms with E-state index in [0.29, 0.717) is 30.2 Å². The standard InChI is InChI=1S/C33H33F2N7O/c1-22-31(25-18-36-40(2)19-25)39-42(26-11-7-4-8-12-26)32(22)38-33(43)37-30-21-41(16-15-23-9-5-3-6-10-23)20-27(30)24-13-14-28(34)29(35)17-24/h3-14,17-19,27,30H,15-16,20-21H2,1-2H3,(H2,37,38,43)/t27-,30+/m0/s1. The zero-order chi connectivity index (χ0) is 29.9. The van der Waals surface area contributed by atoms with Crippen LogP contribution in [0.5, 0.6) is 0 Å². The first-order valence-corrected chi connectivity index (χ1v) is 14.3. The zero-order valence-corrected chi connectivity index (χ0v) is 24.0. The molecule has 1 saturated heterocycles. The molecule has 0 spiro atoms. The fourth-order valence-corrected chi connectivity index (χ4v) is 5.76. The number of amides is 2. The molecule has 0 saturated carbocycles. The summed E-state index contributed by atoms with van der Waals surface area (Å²) in [4.78, 5) is 15.9. The van der Waals surface area contributed by atoms with Gasteiger partial charge in [-0.25, -0.2) is 18.3 Å². The highest BCUT2D eigenvalue weighted by Crippen LogP contribution is 2.32. The van der Waals surface area contributed by atoms with Gasteiger partial charge in [0.1, 0.15) is 11.5 Å². The molecule has 1 aliphatic heterocycles. The predicted octanol–water partition coefficient (Wildman–Crippen LogP) is 5.69. The second-order valence-electron chi connectivity index (χ2n) is 11.0. The summed E-state index contributed by atoms with van der Waals surface area (Å²) in [5.41, 5.74) is 5.00. The van der Waals surface area contributed by atoms with Gasteiger partial charge in [0.2, 0.25) is 0 Å². The van der Waals surface area contributed by atoms with E-state index in [1.807, 2.05) is 68.7 Å². The van der Waals surface area contributed by atoms with Gasteiger partial charge in [0.05, 0.1) is 17.9 Å². The zero-order valence-electron chi connectivity index (χ0n) is 24.0. The van der Waals surface area contributed by atoms with Crippen molar-refractivity contribution >= 4 is 11.8 Å². The number of hydrogen-bond acceptors (Lipinski definition) is 4. The first-order valence-electron chi connectivity index (χ1n) is 14.3. The van der Waals surface area contributed by atoms with Crippen LogP contribution in [0.25, 0.3) is 16.9 Å². The number of aryl methyl sites for hydroxylation is 1. The number of benzene rings is 3. The molecule has 0 unspecified atom stereocenters. The maximum Gasteiger partial charge on any atom is 0.320 e. The van der Waals surface area contributed by atoms with Crippen molar-refractivity contribution in [3.63, 3.8) is 0 Å². The first kappa shape index (κ1) is 28.3. The summed E-state index contributed by atoms with van der Waals surface area (Å²) in [7, 11) is 1.84. The Kier molecular flexibility index (Phi) is 8.02. The molecule has 220 valence electrons. The van der Waals surface area contributed by atoms with Crippen LogP contribution in [0.4, 0.5) is 19.4 Å². The van der Waals surface area contributed by atoms with E-state index >= 15 is 0 Å². The monoisotopic (exact) mass is 581 g/mol. The van der Waals surface area contributed by atoms with Gasteiger partial charge in [-0.2, -0.15) is 10.2 Å². The van der Waals surface area contributed by atoms with Crippen LogP contribution in [0.15, 0.2) is 91.3 Å². The highest BCUT2D eigenvalue weighted by atomic mass is 19.2. The van der Waals surface area contributed by atoms with Crippen molar-refractivity contribution in [2.45, 2.75) is 25.3 Å². The summed E-state index contributed by atoms with van der Waals surface area (Å²) in [6.45, 7) is 3.87. The Morgan fingerprint density at radius 2 is 1.72 bits per heavy atom. The lowest BCUT2D eigenvalue weighted by molar-refractivity contribution is 0.247. The lowest BCUT2D eigenvalue weighted by atomic mass is 9.94. The molecule has 1 aliphatic rings. The molecule has 0 radical (unpaired) electrons. The molecular formula is C33H33F2N7O. The van der Waals surface area contributed by atoms with E-state index in [4.69, 9.17) is 5.10 Å². The van der Waals surface area contributed by atoms with Crippen LogP contribution in [0, 0.1) is 18.6 Å². The van der Waals surface area contributed by atoms with Gasteiger partial charge in [-0.15, -0.1) is 0 Å². The van der Waals surface area contributed by atoms with Crippen LogP contribution in [0.3, 0.4) is 0 Å². The molecule has 0 aliphatic carbocycles. The highest BCUT2D eigenvalue weighted by molar-refractivity contribution is 5.91. The quantitative estimate of drug-likeness (QED) is 0.247. The van der Waals surface area contributed by atoms with Crippen LogP contribution in [0.2, 0.25) is 0 Å². The van der Waals surface area contributed by atoms with Crippen molar-refractivity contribution in [1.29, 1.82) is 0 Å². The van der Waals surface area contributed by atoms with Gasteiger partial charge in [0, 0.05) is 49.9 Å². The fourth-order valence-electron chi connectivity index (χ4n) is 5.76. The molecule has 0 bridgehead atoms. The number of carbonyl (C=O) groups is 1. The van der Waals surface area contributed by atoms with Crippen LogP contribution >= 0.6 is 0 Å². The topological polar surface area (TPSA) is 80.0 Å². The number of likely N-dealkylation sites (tertiary alicyclic amines) is 1. The average Bonchev–Trinajstić information content (AvgIpc) is 3.71. The third kappa shape index (κ3) is 6.19. The van der Waals surface area contributed by atoms with Crippen molar-refractivity contribution in [3.8, 4) is 16.9 Å². The van der Waals surface area contributed by atoms with E-state index in [2.05, 4.69) is 32.8 Å². The first-order chi connectivity index (χ1) is 20.9. The maximum atomic E-state index is 14.3. The number of rotatable bonds is 8. The summed E-state index contributed by atoms with van der Waals surface area (Å²) in [6, 6.07) is 23.0. The molecular weight excluding hydrogens is 548 g/mol. The summed E-state index contributed by atoms with van der Waals surface area (Å²) < 4.78 is 31.5. The van der Waals surface area contributed by atoms with Crippen molar-refractivity contribution in [3.05, 3.63) is 120 Å². The summed E-state index contributed by atoms with van der Waals surface area (Å²) >= 11 is 0. The minimum Gasteiger partial charge on any atom is -0.333 e. The molecule has 2 N–H and O–H groups in total. The molecule has 8 nitrogen and oxygen atoms in total. The minimum atomic E-state index is -0.895. The van der Waals surface area contributed by atoms with Gasteiger partial charge in [-0.3, -0.25) is 10.00 Å². The Morgan fingerprint density at radius 1 is 0.977 bits per heavy atom. The predicted molar refractivity (Wildman–Crippen MR) is 162 cm³/mol. The SMILES string of the molecule is Cc1c(-c2cnn(C)c2)nn(-c2ccccc2)c1NC(=O)N[C@@H]1CN(CCc2ccccc2)C[C@H]1c1ccc(F)c(F)c1. The van der Waals surface area contributed by atoms with E-state index in [9.17, 15) is 13.6 Å². The summed E-state index contributed by atoms with van der Waals surface area (Å²) in [6.07, 6.45) is 4.46. The smallest absolute Gasteiger partial charge is 0.320 e. The molecule has 1 fully saturated rings.